The summed E-state index contributed by atoms with van der Waals surface area (Å²) in [5, 5.41) is 9.60. The van der Waals surface area contributed by atoms with E-state index in [0.717, 1.165) is 61.4 Å². The second kappa shape index (κ2) is 7.67. The van der Waals surface area contributed by atoms with Crippen molar-refractivity contribution in [2.45, 2.75) is 43.6 Å². The number of hydrogen-bond donors (Lipinski definition) is 2. The van der Waals surface area contributed by atoms with Crippen molar-refractivity contribution in [2.24, 2.45) is 0 Å². The summed E-state index contributed by atoms with van der Waals surface area (Å²) >= 11 is 0. The smallest absolute Gasteiger partial charge is 0.333 e. The molecule has 3 amide bonds. The number of benzene rings is 1. The molecular formula is C20H23N5O4S. The van der Waals surface area contributed by atoms with Crippen molar-refractivity contribution in [1.29, 1.82) is 0 Å². The Hall–Kier alpha value is -3.01. The van der Waals surface area contributed by atoms with E-state index in [2.05, 4.69) is 21.6 Å². The molecule has 0 unspecified atom stereocenters. The summed E-state index contributed by atoms with van der Waals surface area (Å²) in [4.78, 5) is 25.7. The Bertz CT molecular complexity index is 1090. The van der Waals surface area contributed by atoms with Crippen molar-refractivity contribution in [1.82, 2.24) is 19.8 Å². The third-order valence-corrected chi connectivity index (χ3v) is 6.70. The number of carbonyl (C=O) groups excluding carboxylic acids is 2. The lowest BCUT2D eigenvalue weighted by molar-refractivity contribution is 0.0820. The number of aryl methyl sites for hydroxylation is 2. The van der Waals surface area contributed by atoms with Crippen LogP contribution < -0.4 is 10.0 Å². The van der Waals surface area contributed by atoms with Crippen LogP contribution in [0.5, 0.6) is 0 Å². The largest absolute Gasteiger partial charge is 0.343 e. The highest BCUT2D eigenvalue weighted by atomic mass is 32.2. The molecule has 2 aromatic rings. The molecule has 2 N–H and O–H groups in total. The number of nitrogens with zero attached hydrogens (tertiary/aromatic N) is 3. The molecule has 30 heavy (non-hydrogen) atoms. The Morgan fingerprint density at radius 3 is 2.13 bits per heavy atom. The van der Waals surface area contributed by atoms with E-state index in [1.807, 2.05) is 4.72 Å². The normalized spacial score (nSPS) is 14.7. The van der Waals surface area contributed by atoms with Gasteiger partial charge in [0.15, 0.2) is 10.7 Å². The molecule has 1 aromatic carbocycles. The summed E-state index contributed by atoms with van der Waals surface area (Å²) in [6, 6.07) is 3.81. The third kappa shape index (κ3) is 3.74. The first-order valence-corrected chi connectivity index (χ1v) is 11.3. The van der Waals surface area contributed by atoms with Gasteiger partial charge in [-0.1, -0.05) is 6.07 Å². The standard InChI is InChI=1S/C20H23N5O4S/c1-25(2)19(26)16-9-10-17(23-22-16)30(28,29)24-20(27)21-18-14-7-3-5-12(14)11-13-6-4-8-15(13)18/h9-11H,3-8H2,1-2H3,(H2,21,24,27). The number of nitrogens with one attached hydrogen (secondary N) is 2. The maximum Gasteiger partial charge on any atom is 0.333 e. The van der Waals surface area contributed by atoms with Crippen molar-refractivity contribution in [2.75, 3.05) is 19.4 Å². The van der Waals surface area contributed by atoms with Gasteiger partial charge in [-0.25, -0.2) is 9.52 Å². The third-order valence-electron chi connectivity index (χ3n) is 5.48. The Kier molecular flexibility index (Phi) is 5.19. The molecule has 10 heteroatoms. The van der Waals surface area contributed by atoms with Crippen LogP contribution in [0.15, 0.2) is 23.2 Å². The molecule has 0 fully saturated rings. The van der Waals surface area contributed by atoms with E-state index in [9.17, 15) is 18.0 Å². The highest BCUT2D eigenvalue weighted by molar-refractivity contribution is 7.90. The van der Waals surface area contributed by atoms with Crippen molar-refractivity contribution in [3.05, 3.63) is 46.1 Å². The van der Waals surface area contributed by atoms with Gasteiger partial charge in [0.25, 0.3) is 15.9 Å². The number of hydrogen-bond acceptors (Lipinski definition) is 6. The lowest BCUT2D eigenvalue weighted by atomic mass is 9.99. The molecule has 0 saturated heterocycles. The van der Waals surface area contributed by atoms with Gasteiger partial charge in [-0.2, -0.15) is 8.42 Å². The van der Waals surface area contributed by atoms with Crippen LogP contribution in [0.1, 0.15) is 45.6 Å². The molecule has 4 rings (SSSR count). The van der Waals surface area contributed by atoms with Gasteiger partial charge in [0.2, 0.25) is 0 Å². The molecule has 0 aliphatic heterocycles. The minimum atomic E-state index is -4.23. The summed E-state index contributed by atoms with van der Waals surface area (Å²) in [5.41, 5.74) is 5.45. The fourth-order valence-corrected chi connectivity index (χ4v) is 4.88. The summed E-state index contributed by atoms with van der Waals surface area (Å²) in [6.45, 7) is 0. The molecule has 0 saturated carbocycles. The second-order valence-electron chi connectivity index (χ2n) is 7.75. The summed E-state index contributed by atoms with van der Waals surface area (Å²) < 4.78 is 27.1. The summed E-state index contributed by atoms with van der Waals surface area (Å²) in [7, 11) is -1.12. The molecule has 0 radical (unpaired) electrons. The molecule has 2 aliphatic rings. The minimum absolute atomic E-state index is 0.0128. The second-order valence-corrected chi connectivity index (χ2v) is 9.38. The Balaban J connectivity index is 1.53. The van der Waals surface area contributed by atoms with E-state index >= 15 is 0 Å². The Labute approximate surface area is 174 Å². The van der Waals surface area contributed by atoms with Crippen LogP contribution in [0.3, 0.4) is 0 Å². The van der Waals surface area contributed by atoms with Crippen molar-refractivity contribution in [3.8, 4) is 0 Å². The molecule has 1 aromatic heterocycles. The van der Waals surface area contributed by atoms with Crippen LogP contribution in [0.4, 0.5) is 10.5 Å². The zero-order valence-corrected chi connectivity index (χ0v) is 17.7. The number of anilines is 1. The van der Waals surface area contributed by atoms with Crippen LogP contribution in [-0.4, -0.2) is 49.5 Å². The first-order chi connectivity index (χ1) is 14.3. The average molecular weight is 430 g/mol. The van der Waals surface area contributed by atoms with E-state index in [-0.39, 0.29) is 5.69 Å². The molecule has 0 bridgehead atoms. The monoisotopic (exact) mass is 429 g/mol. The van der Waals surface area contributed by atoms with E-state index in [1.54, 1.807) is 14.1 Å². The lowest BCUT2D eigenvalue weighted by Gasteiger charge is -2.16. The van der Waals surface area contributed by atoms with Gasteiger partial charge in [-0.05, 0) is 72.9 Å². The average Bonchev–Trinajstić information content (AvgIpc) is 3.36. The van der Waals surface area contributed by atoms with Crippen molar-refractivity contribution < 1.29 is 18.0 Å². The number of carbonyl (C=O) groups is 2. The van der Waals surface area contributed by atoms with Gasteiger partial charge >= 0.3 is 6.03 Å². The summed E-state index contributed by atoms with van der Waals surface area (Å²) in [6.07, 6.45) is 5.76. The highest BCUT2D eigenvalue weighted by Gasteiger charge is 2.27. The van der Waals surface area contributed by atoms with Gasteiger partial charge in [0, 0.05) is 19.8 Å². The van der Waals surface area contributed by atoms with Gasteiger partial charge in [-0.3, -0.25) is 4.79 Å². The summed E-state index contributed by atoms with van der Waals surface area (Å²) in [5.74, 6) is -0.399. The topological polar surface area (TPSA) is 121 Å². The molecule has 0 spiro atoms. The highest BCUT2D eigenvalue weighted by Crippen LogP contribution is 2.38. The number of sulfonamides is 1. The van der Waals surface area contributed by atoms with Crippen LogP contribution >= 0.6 is 0 Å². The van der Waals surface area contributed by atoms with Crippen LogP contribution in [0.25, 0.3) is 0 Å². The quantitative estimate of drug-likeness (QED) is 0.762. The molecule has 1 heterocycles. The van der Waals surface area contributed by atoms with Gasteiger partial charge in [0.1, 0.15) is 0 Å². The van der Waals surface area contributed by atoms with Gasteiger partial charge < -0.3 is 10.2 Å². The number of aromatic nitrogens is 2. The number of fused-ring (bicyclic) bond motifs is 2. The van der Waals surface area contributed by atoms with Gasteiger partial charge in [-0.15, -0.1) is 10.2 Å². The zero-order chi connectivity index (χ0) is 21.5. The molecule has 158 valence electrons. The molecular weight excluding hydrogens is 406 g/mol. The van der Waals surface area contributed by atoms with E-state index in [4.69, 9.17) is 0 Å². The van der Waals surface area contributed by atoms with E-state index < -0.39 is 27.0 Å². The lowest BCUT2D eigenvalue weighted by Crippen LogP contribution is -2.35. The van der Waals surface area contributed by atoms with Crippen molar-refractivity contribution in [3.63, 3.8) is 0 Å². The first-order valence-electron chi connectivity index (χ1n) is 9.82. The SMILES string of the molecule is CN(C)C(=O)c1ccc(S(=O)(=O)NC(=O)Nc2c3c(cc4c2CCC4)CCC3)nn1. The predicted octanol–water partition coefficient (Wildman–Crippen LogP) is 1.67. The number of urea groups is 1. The molecule has 2 aliphatic carbocycles. The molecule has 0 atom stereocenters. The molecule has 9 nitrogen and oxygen atoms in total. The van der Waals surface area contributed by atoms with Crippen molar-refractivity contribution >= 4 is 27.6 Å². The van der Waals surface area contributed by atoms with E-state index in [0.29, 0.717) is 0 Å². The Morgan fingerprint density at radius 2 is 1.60 bits per heavy atom. The predicted molar refractivity (Wildman–Crippen MR) is 110 cm³/mol. The van der Waals surface area contributed by atoms with Crippen LogP contribution in [0.2, 0.25) is 0 Å². The number of amides is 3. The maximum absolute atomic E-state index is 12.6. The zero-order valence-electron chi connectivity index (χ0n) is 16.9. The Morgan fingerprint density at radius 1 is 0.967 bits per heavy atom. The number of rotatable bonds is 4. The minimum Gasteiger partial charge on any atom is -0.343 e. The van der Waals surface area contributed by atoms with Crippen LogP contribution in [0, 0.1) is 0 Å². The first kappa shape index (κ1) is 20.3. The fraction of sp³-hybridized carbons (Fsp3) is 0.400. The maximum atomic E-state index is 12.6. The van der Waals surface area contributed by atoms with Crippen LogP contribution in [-0.2, 0) is 35.7 Å². The van der Waals surface area contributed by atoms with Gasteiger partial charge in [0.05, 0.1) is 0 Å². The van der Waals surface area contributed by atoms with E-state index in [1.165, 1.54) is 22.1 Å². The fourth-order valence-electron chi connectivity index (χ4n) is 4.09.